The molecule has 0 radical (unpaired) electrons. The lowest BCUT2D eigenvalue weighted by atomic mass is 10.2. The summed E-state index contributed by atoms with van der Waals surface area (Å²) < 4.78 is 45.9. The second-order valence-electron chi connectivity index (χ2n) is 8.85. The number of aromatic nitrogens is 4. The minimum atomic E-state index is -4.68. The highest BCUT2D eigenvalue weighted by Crippen LogP contribution is 2.28. The van der Waals surface area contributed by atoms with Crippen LogP contribution in [0.2, 0.25) is 0 Å². The minimum Gasteiger partial charge on any atom is -0.361 e. The number of amidine groups is 1. The Hall–Kier alpha value is -4.83. The summed E-state index contributed by atoms with van der Waals surface area (Å²) >= 11 is 0. The van der Waals surface area contributed by atoms with E-state index in [2.05, 4.69) is 36.1 Å². The number of halogens is 3. The Labute approximate surface area is 217 Å². The van der Waals surface area contributed by atoms with Crippen molar-refractivity contribution in [3.8, 4) is 0 Å². The van der Waals surface area contributed by atoms with Gasteiger partial charge in [0.2, 0.25) is 5.91 Å². The summed E-state index contributed by atoms with van der Waals surface area (Å²) in [6.45, 7) is 3.17. The molecule has 0 aliphatic carbocycles. The molecule has 5 rings (SSSR count). The summed E-state index contributed by atoms with van der Waals surface area (Å²) in [5.74, 6) is -0.00137. The first-order valence-corrected chi connectivity index (χ1v) is 11.6. The molecule has 2 aliphatic heterocycles. The van der Waals surface area contributed by atoms with Crippen molar-refractivity contribution in [1.82, 2.24) is 24.6 Å². The number of amides is 1. The average molecular weight is 549 g/mol. The van der Waals surface area contributed by atoms with E-state index in [4.69, 9.17) is 4.52 Å². The summed E-state index contributed by atoms with van der Waals surface area (Å²) in [7, 11) is 1.49. The van der Waals surface area contributed by atoms with Gasteiger partial charge in [0.1, 0.15) is 40.5 Å². The fourth-order valence-electron chi connectivity index (χ4n) is 4.13. The Balaban J connectivity index is 1.36. The fraction of sp³-hybridized carbons (Fsp3) is 0.364. The zero-order valence-corrected chi connectivity index (χ0v) is 20.7. The van der Waals surface area contributed by atoms with Crippen LogP contribution in [0.4, 0.5) is 30.5 Å². The zero-order valence-electron chi connectivity index (χ0n) is 20.7. The maximum absolute atomic E-state index is 13.4. The molecular formula is C22H22F3N9O5. The molecular weight excluding hydrogens is 527 g/mol. The van der Waals surface area contributed by atoms with Gasteiger partial charge in [0.15, 0.2) is 5.84 Å². The zero-order chi connectivity index (χ0) is 28.1. The highest BCUT2D eigenvalue weighted by Gasteiger charge is 2.46. The normalized spacial score (nSPS) is 17.1. The minimum absolute atomic E-state index is 0.0152. The van der Waals surface area contributed by atoms with Crippen LogP contribution in [0.3, 0.4) is 0 Å². The number of alkyl halides is 3. The van der Waals surface area contributed by atoms with E-state index in [1.165, 1.54) is 34.7 Å². The van der Waals surface area contributed by atoms with Gasteiger partial charge in [-0.3, -0.25) is 18.7 Å². The molecule has 17 heteroatoms. The molecule has 206 valence electrons. The third-order valence-electron chi connectivity index (χ3n) is 6.13. The number of carbonyl (C=O) groups excluding carboxylic acids is 1. The van der Waals surface area contributed by atoms with Crippen LogP contribution in [-0.4, -0.2) is 56.1 Å². The molecule has 1 unspecified atom stereocenters. The molecule has 0 aromatic carbocycles. The van der Waals surface area contributed by atoms with Gasteiger partial charge in [-0.1, -0.05) is 16.4 Å². The lowest BCUT2D eigenvalue weighted by molar-refractivity contribution is -0.218. The van der Waals surface area contributed by atoms with Gasteiger partial charge in [-0.2, -0.15) is 13.2 Å². The van der Waals surface area contributed by atoms with Crippen molar-refractivity contribution < 1.29 is 27.3 Å². The standard InChI is InChI=1S/C22H22F3N9O5/c1-10-7-12(30-38-10)8-33-19(36)15-17(32(3)21(33)37)26-9-34(15)11(2)18(35)28-14-6-4-5-13(27-14)16-29-20(39-31-16)22(23,24)25/h4-7,11,20,26H,8-9H2,1-3H3,(H,29,31)(H,27,28,35)/t11-,20?/m0/s1. The number of hydrogen-bond donors (Lipinski definition) is 3. The largest absolute Gasteiger partial charge is 0.448 e. The van der Waals surface area contributed by atoms with Gasteiger partial charge in [0.25, 0.3) is 11.8 Å². The molecule has 1 amide bonds. The van der Waals surface area contributed by atoms with Crippen molar-refractivity contribution in [3.63, 3.8) is 0 Å². The van der Waals surface area contributed by atoms with Crippen LogP contribution in [-0.2, 0) is 23.2 Å². The third kappa shape index (κ3) is 4.77. The lowest BCUT2D eigenvalue weighted by Crippen LogP contribution is -2.46. The van der Waals surface area contributed by atoms with E-state index >= 15 is 0 Å². The van der Waals surface area contributed by atoms with Gasteiger partial charge >= 0.3 is 11.9 Å². The third-order valence-corrected chi connectivity index (χ3v) is 6.13. The number of nitrogens with zero attached hydrogens (tertiary/aromatic N) is 6. The summed E-state index contributed by atoms with van der Waals surface area (Å²) in [5.41, 5.74) is -0.688. The van der Waals surface area contributed by atoms with E-state index in [0.717, 1.165) is 4.57 Å². The number of carbonyl (C=O) groups is 1. The number of nitrogens with one attached hydrogen (secondary N) is 3. The van der Waals surface area contributed by atoms with E-state index in [1.807, 2.05) is 0 Å². The smallest absolute Gasteiger partial charge is 0.361 e. The van der Waals surface area contributed by atoms with Gasteiger partial charge < -0.3 is 30.2 Å². The number of rotatable bonds is 6. The van der Waals surface area contributed by atoms with E-state index in [0.29, 0.717) is 11.5 Å². The van der Waals surface area contributed by atoms with Crippen molar-refractivity contribution >= 4 is 29.1 Å². The van der Waals surface area contributed by atoms with Gasteiger partial charge in [-0.15, -0.1) is 0 Å². The van der Waals surface area contributed by atoms with Crippen LogP contribution in [0, 0.1) is 6.92 Å². The van der Waals surface area contributed by atoms with Crippen LogP contribution >= 0.6 is 0 Å². The van der Waals surface area contributed by atoms with Gasteiger partial charge in [-0.05, 0) is 26.0 Å². The van der Waals surface area contributed by atoms with Crippen molar-refractivity contribution in [3.05, 3.63) is 62.3 Å². The fourth-order valence-corrected chi connectivity index (χ4v) is 4.13. The van der Waals surface area contributed by atoms with Crippen LogP contribution in [0.25, 0.3) is 0 Å². The summed E-state index contributed by atoms with van der Waals surface area (Å²) in [4.78, 5) is 49.4. The first-order chi connectivity index (χ1) is 18.4. The van der Waals surface area contributed by atoms with Crippen LogP contribution < -0.4 is 32.1 Å². The molecule has 0 bridgehead atoms. The predicted octanol–water partition coefficient (Wildman–Crippen LogP) is 0.673. The van der Waals surface area contributed by atoms with E-state index in [-0.39, 0.29) is 42.1 Å². The maximum atomic E-state index is 13.4. The van der Waals surface area contributed by atoms with Gasteiger partial charge in [0.05, 0.1) is 13.2 Å². The molecule has 0 saturated carbocycles. The summed E-state index contributed by atoms with van der Waals surface area (Å²) in [5, 5.41) is 14.9. The predicted molar refractivity (Wildman–Crippen MR) is 130 cm³/mol. The number of aryl methyl sites for hydroxylation is 1. The second-order valence-corrected chi connectivity index (χ2v) is 8.85. The van der Waals surface area contributed by atoms with Crippen LogP contribution in [0.1, 0.15) is 24.1 Å². The molecule has 0 saturated heterocycles. The molecule has 3 aromatic rings. The molecule has 0 spiro atoms. The first-order valence-electron chi connectivity index (χ1n) is 11.6. The lowest BCUT2D eigenvalue weighted by Gasteiger charge is -2.24. The first kappa shape index (κ1) is 25.8. The number of oxime groups is 1. The molecule has 0 fully saturated rings. The molecule has 14 nitrogen and oxygen atoms in total. The van der Waals surface area contributed by atoms with Crippen molar-refractivity contribution in [2.75, 3.05) is 22.2 Å². The van der Waals surface area contributed by atoms with Gasteiger partial charge in [0, 0.05) is 13.1 Å². The van der Waals surface area contributed by atoms with Gasteiger partial charge in [-0.25, -0.2) is 9.78 Å². The van der Waals surface area contributed by atoms with Crippen LogP contribution in [0.5, 0.6) is 0 Å². The Morgan fingerprint density at radius 2 is 2.08 bits per heavy atom. The number of anilines is 3. The Bertz CT molecular complexity index is 1590. The van der Waals surface area contributed by atoms with E-state index < -0.39 is 35.6 Å². The topological polar surface area (TPSA) is 161 Å². The molecule has 3 N–H and O–H groups in total. The highest BCUT2D eigenvalue weighted by atomic mass is 19.4. The Morgan fingerprint density at radius 3 is 2.74 bits per heavy atom. The molecule has 2 atom stereocenters. The van der Waals surface area contributed by atoms with E-state index in [9.17, 15) is 27.6 Å². The van der Waals surface area contributed by atoms with Crippen molar-refractivity contribution in [1.29, 1.82) is 0 Å². The highest BCUT2D eigenvalue weighted by molar-refractivity contribution is 5.99. The van der Waals surface area contributed by atoms with E-state index in [1.54, 1.807) is 19.9 Å². The van der Waals surface area contributed by atoms with Crippen molar-refractivity contribution in [2.24, 2.45) is 12.2 Å². The quantitative estimate of drug-likeness (QED) is 0.399. The molecule has 5 heterocycles. The number of fused-ring (bicyclic) bond motifs is 1. The van der Waals surface area contributed by atoms with Crippen LogP contribution in [0.15, 0.2) is 43.5 Å². The summed E-state index contributed by atoms with van der Waals surface area (Å²) in [6, 6.07) is 5.00. The molecule has 39 heavy (non-hydrogen) atoms. The Morgan fingerprint density at radius 1 is 1.31 bits per heavy atom. The SMILES string of the molecule is Cc1cc(Cn2c(=O)c3c(n(C)c2=O)NCN3[C@@H](C)C(=O)Nc2cccc(C3=NOC(C(F)(F)F)N3)n2)no1. The number of hydrogen-bond acceptors (Lipinski definition) is 11. The Kier molecular flexibility index (Phi) is 6.27. The monoisotopic (exact) mass is 549 g/mol. The number of pyridine rings is 1. The molecule has 2 aliphatic rings. The average Bonchev–Trinajstić information content (AvgIpc) is 3.64. The summed E-state index contributed by atoms with van der Waals surface area (Å²) in [6.07, 6.45) is -6.98. The second kappa shape index (κ2) is 9.48. The molecule has 3 aromatic heterocycles. The maximum Gasteiger partial charge on any atom is 0.448 e. The van der Waals surface area contributed by atoms with Crippen molar-refractivity contribution in [2.45, 2.75) is 38.8 Å².